The molecule has 3 aromatic rings. The zero-order valence-corrected chi connectivity index (χ0v) is 15.1. The first-order valence-electron chi connectivity index (χ1n) is 8.58. The largest absolute Gasteiger partial charge is 0.352 e. The minimum atomic E-state index is -0.0479. The van der Waals surface area contributed by atoms with Crippen LogP contribution in [0.3, 0.4) is 0 Å². The van der Waals surface area contributed by atoms with E-state index < -0.39 is 0 Å². The molecule has 0 aliphatic rings. The Morgan fingerprint density at radius 1 is 1.24 bits per heavy atom. The third-order valence-electron chi connectivity index (χ3n) is 4.04. The van der Waals surface area contributed by atoms with Crippen LogP contribution >= 0.6 is 11.3 Å². The molecule has 1 aromatic carbocycles. The molecule has 1 N–H and O–H groups in total. The normalized spacial score (nSPS) is 10.8. The quantitative estimate of drug-likeness (QED) is 0.628. The molecule has 25 heavy (non-hydrogen) atoms. The van der Waals surface area contributed by atoms with Crippen molar-refractivity contribution in [1.29, 1.82) is 0 Å². The lowest BCUT2D eigenvalue weighted by Gasteiger charge is -2.08. The van der Waals surface area contributed by atoms with Crippen molar-refractivity contribution >= 4 is 17.2 Å². The molecule has 0 saturated heterocycles. The van der Waals surface area contributed by atoms with Gasteiger partial charge in [0.1, 0.15) is 0 Å². The van der Waals surface area contributed by atoms with Crippen LogP contribution in [0, 0.1) is 0 Å². The van der Waals surface area contributed by atoms with Crippen LogP contribution in [0.25, 0.3) is 5.69 Å². The van der Waals surface area contributed by atoms with Gasteiger partial charge in [-0.25, -0.2) is 9.67 Å². The first-order valence-corrected chi connectivity index (χ1v) is 9.46. The Hall–Kier alpha value is -2.47. The van der Waals surface area contributed by atoms with E-state index in [0.29, 0.717) is 12.1 Å². The number of aromatic nitrogens is 3. The Bertz CT molecular complexity index is 796. The second-order valence-corrected chi connectivity index (χ2v) is 6.72. The number of carbonyl (C=O) groups is 1. The summed E-state index contributed by atoms with van der Waals surface area (Å²) in [6, 6.07) is 9.90. The van der Waals surface area contributed by atoms with Gasteiger partial charge in [-0.1, -0.05) is 25.1 Å². The predicted octanol–water partition coefficient (Wildman–Crippen LogP) is 3.64. The number of para-hydroxylation sites is 1. The van der Waals surface area contributed by atoms with Gasteiger partial charge < -0.3 is 5.32 Å². The smallest absolute Gasteiger partial charge is 0.254 e. The van der Waals surface area contributed by atoms with E-state index in [1.807, 2.05) is 53.5 Å². The summed E-state index contributed by atoms with van der Waals surface area (Å²) < 4.78 is 1.84. The van der Waals surface area contributed by atoms with Crippen LogP contribution in [0.5, 0.6) is 0 Å². The van der Waals surface area contributed by atoms with Crippen LogP contribution in [-0.4, -0.2) is 27.2 Å². The van der Waals surface area contributed by atoms with Gasteiger partial charge in [-0.05, 0) is 37.8 Å². The van der Waals surface area contributed by atoms with Crippen molar-refractivity contribution in [1.82, 2.24) is 20.1 Å². The van der Waals surface area contributed by atoms with Gasteiger partial charge in [-0.15, -0.1) is 11.3 Å². The Morgan fingerprint density at radius 2 is 2.08 bits per heavy atom. The number of carbonyl (C=O) groups excluding carboxylic acids is 1. The second kappa shape index (κ2) is 8.58. The van der Waals surface area contributed by atoms with Crippen LogP contribution in [0.4, 0.5) is 0 Å². The lowest BCUT2D eigenvalue weighted by atomic mass is 10.1. The standard InChI is InChI=1S/C19H22N4OS/c1-2-17-16(14-22-23(17)15-8-4-3-5-9-15)19(24)21-11-7-6-10-18-20-12-13-25-18/h3-5,8-9,12-14H,2,6-7,10-11H2,1H3,(H,21,24). The Kier molecular flexibility index (Phi) is 5.95. The zero-order valence-electron chi connectivity index (χ0n) is 14.3. The average molecular weight is 354 g/mol. The maximum Gasteiger partial charge on any atom is 0.254 e. The van der Waals surface area contributed by atoms with E-state index >= 15 is 0 Å². The molecule has 3 rings (SSSR count). The van der Waals surface area contributed by atoms with E-state index in [-0.39, 0.29) is 5.91 Å². The molecule has 1 amide bonds. The first-order chi connectivity index (χ1) is 12.3. The number of benzene rings is 1. The molecule has 2 aromatic heterocycles. The van der Waals surface area contributed by atoms with Crippen LogP contribution in [0.15, 0.2) is 48.1 Å². The highest BCUT2D eigenvalue weighted by Crippen LogP contribution is 2.15. The van der Waals surface area contributed by atoms with Gasteiger partial charge >= 0.3 is 0 Å². The van der Waals surface area contributed by atoms with Crippen molar-refractivity contribution in [3.8, 4) is 5.69 Å². The van der Waals surface area contributed by atoms with Gasteiger partial charge in [-0.2, -0.15) is 5.10 Å². The fourth-order valence-electron chi connectivity index (χ4n) is 2.77. The molecule has 0 bridgehead atoms. The molecule has 0 saturated carbocycles. The minimum Gasteiger partial charge on any atom is -0.352 e. The molecular weight excluding hydrogens is 332 g/mol. The average Bonchev–Trinajstić information content (AvgIpc) is 3.31. The number of aryl methyl sites for hydroxylation is 1. The molecule has 0 fully saturated rings. The Labute approximate surface area is 151 Å². The van der Waals surface area contributed by atoms with Gasteiger partial charge in [0.2, 0.25) is 0 Å². The van der Waals surface area contributed by atoms with Gasteiger partial charge in [-0.3, -0.25) is 4.79 Å². The van der Waals surface area contributed by atoms with Crippen molar-refractivity contribution in [2.24, 2.45) is 0 Å². The van der Waals surface area contributed by atoms with Crippen molar-refractivity contribution in [3.63, 3.8) is 0 Å². The van der Waals surface area contributed by atoms with Crippen molar-refractivity contribution < 1.29 is 4.79 Å². The predicted molar refractivity (Wildman–Crippen MR) is 100 cm³/mol. The maximum atomic E-state index is 12.5. The molecule has 0 spiro atoms. The number of thiazole rings is 1. The van der Waals surface area contributed by atoms with Crippen molar-refractivity contribution in [2.75, 3.05) is 6.54 Å². The summed E-state index contributed by atoms with van der Waals surface area (Å²) in [7, 11) is 0. The van der Waals surface area contributed by atoms with Crippen LogP contribution in [0.1, 0.15) is 40.8 Å². The lowest BCUT2D eigenvalue weighted by molar-refractivity contribution is 0.0952. The summed E-state index contributed by atoms with van der Waals surface area (Å²) in [6.07, 6.45) is 7.19. The van der Waals surface area contributed by atoms with E-state index in [1.54, 1.807) is 17.5 Å². The van der Waals surface area contributed by atoms with Crippen molar-refractivity contribution in [3.05, 3.63) is 64.4 Å². The molecule has 0 atom stereocenters. The number of unbranched alkanes of at least 4 members (excludes halogenated alkanes) is 1. The van der Waals surface area contributed by atoms with Gasteiger partial charge in [0.05, 0.1) is 28.1 Å². The van der Waals surface area contributed by atoms with E-state index in [1.165, 1.54) is 0 Å². The fraction of sp³-hybridized carbons (Fsp3) is 0.316. The number of nitrogens with zero attached hydrogens (tertiary/aromatic N) is 3. The molecule has 130 valence electrons. The summed E-state index contributed by atoms with van der Waals surface area (Å²) in [5, 5.41) is 10.6. The molecule has 0 aliphatic carbocycles. The minimum absolute atomic E-state index is 0.0479. The number of amides is 1. The maximum absolute atomic E-state index is 12.5. The second-order valence-electron chi connectivity index (χ2n) is 5.74. The van der Waals surface area contributed by atoms with E-state index in [4.69, 9.17) is 0 Å². The molecule has 2 heterocycles. The van der Waals surface area contributed by atoms with Gasteiger partial charge in [0, 0.05) is 18.1 Å². The summed E-state index contributed by atoms with van der Waals surface area (Å²) >= 11 is 1.68. The van der Waals surface area contributed by atoms with E-state index in [2.05, 4.69) is 15.4 Å². The SMILES string of the molecule is CCc1c(C(=O)NCCCCc2nccs2)cnn1-c1ccccc1. The third kappa shape index (κ3) is 4.33. The van der Waals surface area contributed by atoms with E-state index in [0.717, 1.165) is 42.1 Å². The summed E-state index contributed by atoms with van der Waals surface area (Å²) in [5.74, 6) is -0.0479. The highest BCUT2D eigenvalue weighted by atomic mass is 32.1. The zero-order chi connectivity index (χ0) is 17.5. The third-order valence-corrected chi connectivity index (χ3v) is 4.88. The fourth-order valence-corrected chi connectivity index (χ4v) is 3.43. The Balaban J connectivity index is 1.56. The topological polar surface area (TPSA) is 59.8 Å². The number of nitrogens with one attached hydrogen (secondary N) is 1. The molecule has 5 nitrogen and oxygen atoms in total. The summed E-state index contributed by atoms with van der Waals surface area (Å²) in [5.41, 5.74) is 2.57. The van der Waals surface area contributed by atoms with E-state index in [9.17, 15) is 4.79 Å². The molecule has 0 radical (unpaired) electrons. The molecule has 0 unspecified atom stereocenters. The molecule has 6 heteroatoms. The summed E-state index contributed by atoms with van der Waals surface area (Å²) in [4.78, 5) is 16.8. The number of hydrogen-bond acceptors (Lipinski definition) is 4. The summed E-state index contributed by atoms with van der Waals surface area (Å²) in [6.45, 7) is 2.71. The van der Waals surface area contributed by atoms with Crippen LogP contribution < -0.4 is 5.32 Å². The molecular formula is C19H22N4OS. The van der Waals surface area contributed by atoms with Crippen LogP contribution in [-0.2, 0) is 12.8 Å². The lowest BCUT2D eigenvalue weighted by Crippen LogP contribution is -2.25. The highest BCUT2D eigenvalue weighted by molar-refractivity contribution is 7.09. The number of hydrogen-bond donors (Lipinski definition) is 1. The number of rotatable bonds is 8. The molecule has 0 aliphatic heterocycles. The first kappa shape index (κ1) is 17.4. The Morgan fingerprint density at radius 3 is 2.80 bits per heavy atom. The van der Waals surface area contributed by atoms with Gasteiger partial charge in [0.25, 0.3) is 5.91 Å². The van der Waals surface area contributed by atoms with Crippen molar-refractivity contribution in [2.45, 2.75) is 32.6 Å². The highest BCUT2D eigenvalue weighted by Gasteiger charge is 2.16. The monoisotopic (exact) mass is 354 g/mol. The van der Waals surface area contributed by atoms with Gasteiger partial charge in [0.15, 0.2) is 0 Å². The van der Waals surface area contributed by atoms with Crippen LogP contribution in [0.2, 0.25) is 0 Å².